The third-order valence-corrected chi connectivity index (χ3v) is 8.53. The molecule has 38 heavy (non-hydrogen) atoms. The van der Waals surface area contributed by atoms with Gasteiger partial charge in [0.05, 0.1) is 27.7 Å². The number of nitrogens with zero attached hydrogens (tertiary/aromatic N) is 5. The van der Waals surface area contributed by atoms with Gasteiger partial charge in [0.25, 0.3) is 0 Å². The van der Waals surface area contributed by atoms with E-state index in [-0.39, 0.29) is 17.4 Å². The average molecular weight is 524 g/mol. The second kappa shape index (κ2) is 9.50. The number of thiazole rings is 1. The zero-order chi connectivity index (χ0) is 26.3. The molecule has 9 nitrogen and oxygen atoms in total. The molecule has 3 amide bonds. The summed E-state index contributed by atoms with van der Waals surface area (Å²) in [7, 11) is 0. The molecule has 4 heterocycles. The molecule has 2 aliphatic rings. The summed E-state index contributed by atoms with van der Waals surface area (Å²) in [6, 6.07) is 15.3. The van der Waals surface area contributed by atoms with Crippen LogP contribution in [0.2, 0.25) is 0 Å². The summed E-state index contributed by atoms with van der Waals surface area (Å²) in [4.78, 5) is 41.1. The summed E-state index contributed by atoms with van der Waals surface area (Å²) < 4.78 is 0. The molecule has 0 aliphatic carbocycles. The molecule has 190 valence electrons. The predicted octanol–water partition coefficient (Wildman–Crippen LogP) is 4.73. The summed E-state index contributed by atoms with van der Waals surface area (Å²) in [5.41, 5.74) is 4.68. The van der Waals surface area contributed by atoms with Crippen molar-refractivity contribution in [2.75, 3.05) is 25.0 Å². The number of hydrogen-bond acceptors (Lipinski definition) is 7. The SMILES string of the molecule is Cc1ncnc2ccc(-c3sc(NC(=O)N4CCC5(CC4)CNC(=O)C5)nc3-c3cccc(C#N)c3)cc12. The van der Waals surface area contributed by atoms with Crippen molar-refractivity contribution < 1.29 is 9.59 Å². The van der Waals surface area contributed by atoms with Crippen LogP contribution in [0.4, 0.5) is 9.93 Å². The fourth-order valence-corrected chi connectivity index (χ4v) is 6.26. The number of rotatable bonds is 3. The van der Waals surface area contributed by atoms with E-state index in [1.807, 2.05) is 37.3 Å². The van der Waals surface area contributed by atoms with Gasteiger partial charge >= 0.3 is 6.03 Å². The molecule has 0 atom stereocenters. The Balaban J connectivity index is 1.31. The van der Waals surface area contributed by atoms with E-state index in [9.17, 15) is 14.9 Å². The fraction of sp³-hybridized carbons (Fsp3) is 0.286. The lowest BCUT2D eigenvalue weighted by atomic mass is 9.78. The summed E-state index contributed by atoms with van der Waals surface area (Å²) in [6.07, 6.45) is 3.69. The van der Waals surface area contributed by atoms with Gasteiger partial charge in [0, 0.05) is 42.7 Å². The molecule has 10 heteroatoms. The largest absolute Gasteiger partial charge is 0.356 e. The molecular formula is C28H25N7O2S. The van der Waals surface area contributed by atoms with Crippen molar-refractivity contribution in [1.29, 1.82) is 5.26 Å². The summed E-state index contributed by atoms with van der Waals surface area (Å²) in [6.45, 7) is 3.84. The van der Waals surface area contributed by atoms with E-state index in [1.54, 1.807) is 23.4 Å². The molecule has 0 unspecified atom stereocenters. The lowest BCUT2D eigenvalue weighted by Crippen LogP contribution is -2.45. The minimum Gasteiger partial charge on any atom is -0.356 e. The minimum absolute atomic E-state index is 0.0287. The third-order valence-electron chi connectivity index (χ3n) is 7.51. The van der Waals surface area contributed by atoms with Crippen LogP contribution in [0.25, 0.3) is 32.6 Å². The van der Waals surface area contributed by atoms with Gasteiger partial charge in [0.15, 0.2) is 5.13 Å². The first-order valence-corrected chi connectivity index (χ1v) is 13.3. The van der Waals surface area contributed by atoms with Crippen LogP contribution in [0, 0.1) is 23.7 Å². The number of aryl methyl sites for hydroxylation is 1. The second-order valence-corrected chi connectivity index (χ2v) is 11.0. The molecule has 2 saturated heterocycles. The van der Waals surface area contributed by atoms with Crippen molar-refractivity contribution in [2.45, 2.75) is 26.2 Å². The van der Waals surface area contributed by atoms with E-state index in [0.717, 1.165) is 45.4 Å². The highest BCUT2D eigenvalue weighted by atomic mass is 32.1. The number of nitrogens with one attached hydrogen (secondary N) is 2. The number of hydrogen-bond donors (Lipinski definition) is 2. The third kappa shape index (κ3) is 4.46. The zero-order valence-corrected chi connectivity index (χ0v) is 21.6. The molecule has 0 saturated carbocycles. The Morgan fingerprint density at radius 2 is 2.00 bits per heavy atom. The fourth-order valence-electron chi connectivity index (χ4n) is 5.29. The van der Waals surface area contributed by atoms with Crippen molar-refractivity contribution >= 4 is 39.3 Å². The number of amides is 3. The first kappa shape index (κ1) is 24.0. The number of aromatic nitrogens is 3. The number of anilines is 1. The van der Waals surface area contributed by atoms with Gasteiger partial charge < -0.3 is 10.2 Å². The topological polar surface area (TPSA) is 124 Å². The quantitative estimate of drug-likeness (QED) is 0.400. The van der Waals surface area contributed by atoms with Gasteiger partial charge in [-0.25, -0.2) is 19.7 Å². The monoisotopic (exact) mass is 523 g/mol. The molecule has 6 rings (SSSR count). The maximum absolute atomic E-state index is 13.2. The standard InChI is InChI=1S/C28H25N7O2S/c1-17-21-12-20(5-6-22(21)32-16-31-17)25-24(19-4-2-3-18(11-19)14-29)33-26(38-25)34-27(37)35-9-7-28(8-10-35)13-23(36)30-15-28/h2-6,11-12,16H,7-10,13,15H2,1H3,(H,30,36)(H,33,34,37). The zero-order valence-electron chi connectivity index (χ0n) is 20.8. The van der Waals surface area contributed by atoms with Gasteiger partial charge in [0.2, 0.25) is 5.91 Å². The average Bonchev–Trinajstić information content (AvgIpc) is 3.52. The Bertz CT molecular complexity index is 1620. The molecule has 2 aromatic heterocycles. The lowest BCUT2D eigenvalue weighted by molar-refractivity contribution is -0.119. The molecule has 2 aliphatic heterocycles. The number of benzene rings is 2. The number of likely N-dealkylation sites (tertiary alicyclic amines) is 1. The van der Waals surface area contributed by atoms with Gasteiger partial charge in [-0.15, -0.1) is 0 Å². The smallest absolute Gasteiger partial charge is 0.323 e. The number of carbonyl (C=O) groups excluding carboxylic acids is 2. The van der Waals surface area contributed by atoms with Gasteiger partial charge in [-0.1, -0.05) is 29.5 Å². The van der Waals surface area contributed by atoms with Crippen LogP contribution in [0.15, 0.2) is 48.8 Å². The van der Waals surface area contributed by atoms with E-state index in [4.69, 9.17) is 4.98 Å². The maximum atomic E-state index is 13.2. The Labute approximate surface area is 223 Å². The number of urea groups is 1. The molecule has 0 bridgehead atoms. The summed E-state index contributed by atoms with van der Waals surface area (Å²) in [5.74, 6) is 0.0988. The van der Waals surface area contributed by atoms with Crippen molar-refractivity contribution in [1.82, 2.24) is 25.2 Å². The van der Waals surface area contributed by atoms with Crippen LogP contribution < -0.4 is 10.6 Å². The molecule has 0 radical (unpaired) electrons. The van der Waals surface area contributed by atoms with Crippen LogP contribution >= 0.6 is 11.3 Å². The maximum Gasteiger partial charge on any atom is 0.323 e. The van der Waals surface area contributed by atoms with E-state index in [2.05, 4.69) is 26.7 Å². The molecular weight excluding hydrogens is 498 g/mol. The normalized spacial score (nSPS) is 16.4. The van der Waals surface area contributed by atoms with Gasteiger partial charge in [-0.3, -0.25) is 10.1 Å². The molecule has 2 N–H and O–H groups in total. The lowest BCUT2D eigenvalue weighted by Gasteiger charge is -2.37. The molecule has 2 fully saturated rings. The van der Waals surface area contributed by atoms with Crippen LogP contribution in [-0.2, 0) is 4.79 Å². The van der Waals surface area contributed by atoms with Crippen molar-refractivity contribution in [3.05, 3.63) is 60.0 Å². The first-order chi connectivity index (χ1) is 18.4. The first-order valence-electron chi connectivity index (χ1n) is 12.5. The predicted molar refractivity (Wildman–Crippen MR) is 145 cm³/mol. The Morgan fingerprint density at radius 1 is 1.16 bits per heavy atom. The van der Waals surface area contributed by atoms with E-state index >= 15 is 0 Å². The minimum atomic E-state index is -0.197. The van der Waals surface area contributed by atoms with Gasteiger partial charge in [0.1, 0.15) is 6.33 Å². The number of fused-ring (bicyclic) bond motifs is 1. The van der Waals surface area contributed by atoms with Crippen LogP contribution in [0.3, 0.4) is 0 Å². The van der Waals surface area contributed by atoms with Crippen LogP contribution in [-0.4, -0.2) is 51.4 Å². The highest BCUT2D eigenvalue weighted by Crippen LogP contribution is 2.41. The Kier molecular flexibility index (Phi) is 6.00. The second-order valence-electron chi connectivity index (χ2n) is 9.95. The molecule has 4 aromatic rings. The molecule has 1 spiro atoms. The highest BCUT2D eigenvalue weighted by Gasteiger charge is 2.41. The van der Waals surface area contributed by atoms with Gasteiger partial charge in [-0.05, 0) is 55.0 Å². The van der Waals surface area contributed by atoms with Crippen molar-refractivity contribution in [3.63, 3.8) is 0 Å². The van der Waals surface area contributed by atoms with Crippen LogP contribution in [0.1, 0.15) is 30.5 Å². The Morgan fingerprint density at radius 3 is 2.76 bits per heavy atom. The van der Waals surface area contributed by atoms with Crippen LogP contribution in [0.5, 0.6) is 0 Å². The number of piperidine rings is 1. The highest BCUT2D eigenvalue weighted by molar-refractivity contribution is 7.19. The summed E-state index contributed by atoms with van der Waals surface area (Å²) >= 11 is 1.40. The van der Waals surface area contributed by atoms with E-state index < -0.39 is 0 Å². The Hall–Kier alpha value is -4.36. The van der Waals surface area contributed by atoms with Crippen molar-refractivity contribution in [3.8, 4) is 27.8 Å². The van der Waals surface area contributed by atoms with Gasteiger partial charge in [-0.2, -0.15) is 5.26 Å². The number of nitriles is 1. The van der Waals surface area contributed by atoms with E-state index in [1.165, 1.54) is 11.3 Å². The van der Waals surface area contributed by atoms with E-state index in [0.29, 0.717) is 42.4 Å². The number of carbonyl (C=O) groups is 2. The summed E-state index contributed by atoms with van der Waals surface area (Å²) in [5, 5.41) is 16.8. The molecule has 2 aromatic carbocycles. The van der Waals surface area contributed by atoms with Crippen molar-refractivity contribution in [2.24, 2.45) is 5.41 Å².